The Balaban J connectivity index is 2.16. The lowest BCUT2D eigenvalue weighted by molar-refractivity contribution is -0.163. The first kappa shape index (κ1) is 14.9. The van der Waals surface area contributed by atoms with Crippen LogP contribution < -0.4 is 5.56 Å². The molecule has 1 spiro atoms. The molecule has 0 radical (unpaired) electrons. The van der Waals surface area contributed by atoms with E-state index in [1.165, 1.54) is 0 Å². The minimum Gasteiger partial charge on any atom is -0.463 e. The molecule has 1 fully saturated rings. The van der Waals surface area contributed by atoms with Gasteiger partial charge in [-0.05, 0) is 6.07 Å². The van der Waals surface area contributed by atoms with Gasteiger partial charge in [-0.25, -0.2) is 0 Å². The van der Waals surface area contributed by atoms with Crippen LogP contribution in [-0.4, -0.2) is 30.0 Å². The van der Waals surface area contributed by atoms with Gasteiger partial charge in [-0.15, -0.1) is 0 Å². The van der Waals surface area contributed by atoms with Crippen LogP contribution in [0.25, 0.3) is 0 Å². The molecule has 3 heterocycles. The van der Waals surface area contributed by atoms with Crippen molar-refractivity contribution < 1.29 is 23.8 Å². The maximum Gasteiger partial charge on any atom is 0.293 e. The number of fused-ring (bicyclic) bond motifs is 2. The molecule has 3 rings (SSSR count). The van der Waals surface area contributed by atoms with Gasteiger partial charge < -0.3 is 18.8 Å². The van der Waals surface area contributed by atoms with Crippen LogP contribution in [0.2, 0.25) is 0 Å². The normalized spacial score (nSPS) is 18.4. The lowest BCUT2D eigenvalue weighted by Gasteiger charge is -2.22. The van der Waals surface area contributed by atoms with E-state index in [9.17, 15) is 14.4 Å². The smallest absolute Gasteiger partial charge is 0.293 e. The molecule has 22 heavy (non-hydrogen) atoms. The fourth-order valence-electron chi connectivity index (χ4n) is 3.06. The van der Waals surface area contributed by atoms with Crippen molar-refractivity contribution in [1.82, 2.24) is 4.57 Å². The molecule has 1 saturated heterocycles. The van der Waals surface area contributed by atoms with Gasteiger partial charge in [0.15, 0.2) is 5.78 Å². The molecule has 0 saturated carbocycles. The molecular weight excluding hydrogens is 290 g/mol. The van der Waals surface area contributed by atoms with Crippen molar-refractivity contribution in [3.05, 3.63) is 33.2 Å². The number of carbonyl (C=O) groups excluding carboxylic acids is 2. The Morgan fingerprint density at radius 2 is 2.18 bits per heavy atom. The number of ketones is 1. The molecule has 0 aromatic carbocycles. The molecule has 1 aromatic rings. The van der Waals surface area contributed by atoms with Gasteiger partial charge in [0, 0.05) is 24.9 Å². The number of hydrogen-bond acceptors (Lipinski definition) is 6. The zero-order valence-corrected chi connectivity index (χ0v) is 12.3. The van der Waals surface area contributed by atoms with E-state index in [1.807, 2.05) is 0 Å². The van der Waals surface area contributed by atoms with Gasteiger partial charge >= 0.3 is 0 Å². The van der Waals surface area contributed by atoms with Crippen molar-refractivity contribution >= 4 is 12.3 Å². The second-order valence-electron chi connectivity index (χ2n) is 5.26. The van der Waals surface area contributed by atoms with E-state index in [1.54, 1.807) is 17.6 Å². The zero-order valence-electron chi connectivity index (χ0n) is 12.3. The van der Waals surface area contributed by atoms with Gasteiger partial charge in [0.05, 0.1) is 24.5 Å². The molecular formula is C15H17NO6. The van der Waals surface area contributed by atoms with E-state index in [2.05, 4.69) is 0 Å². The highest BCUT2D eigenvalue weighted by atomic mass is 16.7. The quantitative estimate of drug-likeness (QED) is 0.588. The van der Waals surface area contributed by atoms with Crippen LogP contribution in [0, 0.1) is 0 Å². The second kappa shape index (κ2) is 5.66. The second-order valence-corrected chi connectivity index (χ2v) is 5.26. The molecule has 0 unspecified atom stereocenters. The first-order chi connectivity index (χ1) is 10.6. The highest BCUT2D eigenvalue weighted by molar-refractivity contribution is 5.97. The van der Waals surface area contributed by atoms with Crippen LogP contribution in [0.1, 0.15) is 41.4 Å². The van der Waals surface area contributed by atoms with Gasteiger partial charge in [0.2, 0.25) is 5.79 Å². The van der Waals surface area contributed by atoms with Gasteiger partial charge in [-0.3, -0.25) is 14.4 Å². The molecule has 0 N–H and O–H groups in total. The fourth-order valence-corrected chi connectivity index (χ4v) is 3.06. The van der Waals surface area contributed by atoms with Crippen LogP contribution in [0.15, 0.2) is 10.9 Å². The first-order valence-electron chi connectivity index (χ1n) is 7.26. The van der Waals surface area contributed by atoms with E-state index in [0.717, 1.165) is 0 Å². The summed E-state index contributed by atoms with van der Waals surface area (Å²) in [5.41, 5.74) is 0.729. The predicted octanol–water partition coefficient (Wildman–Crippen LogP) is 0.717. The van der Waals surface area contributed by atoms with E-state index in [0.29, 0.717) is 31.9 Å². The third-order valence-corrected chi connectivity index (χ3v) is 4.13. The minimum atomic E-state index is -0.925. The number of aromatic nitrogens is 1. The first-order valence-corrected chi connectivity index (χ1v) is 7.26. The summed E-state index contributed by atoms with van der Waals surface area (Å²) < 4.78 is 17.6. The molecule has 0 amide bonds. The van der Waals surface area contributed by atoms with Crippen molar-refractivity contribution in [2.45, 2.75) is 38.7 Å². The highest BCUT2D eigenvalue weighted by Gasteiger charge is 2.46. The molecule has 1 aromatic heterocycles. The third-order valence-electron chi connectivity index (χ3n) is 4.13. The maximum atomic E-state index is 12.7. The lowest BCUT2D eigenvalue weighted by Crippen LogP contribution is -2.31. The molecule has 0 atom stereocenters. The fraction of sp³-hybridized carbons (Fsp3) is 0.533. The number of carbonyl (C=O) groups is 2. The Kier molecular flexibility index (Phi) is 3.84. The molecule has 7 heteroatoms. The van der Waals surface area contributed by atoms with Gasteiger partial charge in [0.25, 0.3) is 12.0 Å². The van der Waals surface area contributed by atoms with Gasteiger partial charge in [-0.1, -0.05) is 6.92 Å². The maximum absolute atomic E-state index is 12.7. The number of Topliss-reactive ketones (excluding diaryl/α,β-unsaturated/α-hetero) is 1. The molecule has 2 aliphatic rings. The lowest BCUT2D eigenvalue weighted by atomic mass is 10.0. The van der Waals surface area contributed by atoms with Crippen molar-refractivity contribution in [2.75, 3.05) is 13.2 Å². The van der Waals surface area contributed by atoms with Crippen LogP contribution >= 0.6 is 0 Å². The van der Waals surface area contributed by atoms with Crippen LogP contribution in [0.4, 0.5) is 0 Å². The molecule has 118 valence electrons. The Morgan fingerprint density at radius 3 is 2.82 bits per heavy atom. The summed E-state index contributed by atoms with van der Waals surface area (Å²) in [6.45, 7) is 3.14. The number of hydrogen-bond donors (Lipinski definition) is 0. The Labute approximate surface area is 126 Å². The molecule has 0 bridgehead atoms. The SMILES string of the molecule is CCC(=O)c1cc2n(c(=O)c1COC=O)CCC21OCCO1. The highest BCUT2D eigenvalue weighted by Crippen LogP contribution is 2.39. The number of ether oxygens (including phenoxy) is 3. The van der Waals surface area contributed by atoms with Crippen molar-refractivity contribution in [3.63, 3.8) is 0 Å². The number of rotatable bonds is 5. The predicted molar refractivity (Wildman–Crippen MR) is 74.4 cm³/mol. The summed E-state index contributed by atoms with van der Waals surface area (Å²) in [7, 11) is 0. The summed E-state index contributed by atoms with van der Waals surface area (Å²) in [5.74, 6) is -1.10. The zero-order chi connectivity index (χ0) is 15.7. The third kappa shape index (κ3) is 2.17. The number of nitrogens with zero attached hydrogens (tertiary/aromatic N) is 1. The largest absolute Gasteiger partial charge is 0.463 e. The van der Waals surface area contributed by atoms with Gasteiger partial charge in [0.1, 0.15) is 6.61 Å². The molecule has 2 aliphatic heterocycles. The van der Waals surface area contributed by atoms with Gasteiger partial charge in [-0.2, -0.15) is 0 Å². The van der Waals surface area contributed by atoms with E-state index >= 15 is 0 Å². The molecule has 0 aliphatic carbocycles. The summed E-state index contributed by atoms with van der Waals surface area (Å²) in [6.07, 6.45) is 0.783. The van der Waals surface area contributed by atoms with Crippen LogP contribution in [-0.2, 0) is 37.9 Å². The minimum absolute atomic E-state index is 0.176. The standard InChI is InChI=1S/C15H17NO6/c1-2-12(18)10-7-13-15(21-5-6-22-15)3-4-16(13)14(19)11(10)8-20-9-17/h7,9H,2-6,8H2,1H3. The van der Waals surface area contributed by atoms with E-state index in [-0.39, 0.29) is 42.0 Å². The average Bonchev–Trinajstić information content (AvgIpc) is 3.14. The van der Waals surface area contributed by atoms with Crippen molar-refractivity contribution in [3.8, 4) is 0 Å². The summed E-state index contributed by atoms with van der Waals surface area (Å²) in [5, 5.41) is 0. The average molecular weight is 307 g/mol. The topological polar surface area (TPSA) is 83.8 Å². The van der Waals surface area contributed by atoms with E-state index < -0.39 is 5.79 Å². The monoisotopic (exact) mass is 307 g/mol. The van der Waals surface area contributed by atoms with E-state index in [4.69, 9.17) is 14.2 Å². The van der Waals surface area contributed by atoms with Crippen LogP contribution in [0.3, 0.4) is 0 Å². The Hall–Kier alpha value is -1.99. The number of pyridine rings is 1. The Morgan fingerprint density at radius 1 is 1.45 bits per heavy atom. The Bertz CT molecular complexity index is 671. The summed E-state index contributed by atoms with van der Waals surface area (Å²) >= 11 is 0. The molecule has 7 nitrogen and oxygen atoms in total. The summed E-state index contributed by atoms with van der Waals surface area (Å²) in [6, 6.07) is 1.65. The summed E-state index contributed by atoms with van der Waals surface area (Å²) in [4.78, 5) is 35.3. The van der Waals surface area contributed by atoms with Crippen molar-refractivity contribution in [1.29, 1.82) is 0 Å². The van der Waals surface area contributed by atoms with Crippen molar-refractivity contribution in [2.24, 2.45) is 0 Å². The van der Waals surface area contributed by atoms with Crippen LogP contribution in [0.5, 0.6) is 0 Å².